The summed E-state index contributed by atoms with van der Waals surface area (Å²) >= 11 is 0.980. The van der Waals surface area contributed by atoms with Gasteiger partial charge in [-0.3, -0.25) is 9.36 Å². The van der Waals surface area contributed by atoms with Crippen molar-refractivity contribution in [1.82, 2.24) is 19.7 Å². The monoisotopic (exact) mass is 399 g/mol. The summed E-state index contributed by atoms with van der Waals surface area (Å²) in [6, 6.07) is 8.21. The number of carbonyl (C=O) groups excluding carboxylic acids is 1. The third kappa shape index (κ3) is 5.38. The topological polar surface area (TPSA) is 54.3 Å². The van der Waals surface area contributed by atoms with Gasteiger partial charge in [-0.1, -0.05) is 23.9 Å². The van der Waals surface area contributed by atoms with Gasteiger partial charge in [0.1, 0.15) is 12.9 Å². The van der Waals surface area contributed by atoms with Crippen molar-refractivity contribution < 1.29 is 18.0 Å². The van der Waals surface area contributed by atoms with Crippen molar-refractivity contribution >= 4 is 23.4 Å². The molecule has 0 bridgehead atoms. The molecule has 0 unspecified atom stereocenters. The highest BCUT2D eigenvalue weighted by Gasteiger charge is 2.29. The molecule has 1 aliphatic rings. The summed E-state index contributed by atoms with van der Waals surface area (Å²) in [7, 11) is 0. The van der Waals surface area contributed by atoms with Gasteiger partial charge in [-0.25, -0.2) is 0 Å². The molecule has 146 valence electrons. The molecule has 3 rings (SSSR count). The van der Waals surface area contributed by atoms with E-state index in [1.165, 1.54) is 5.56 Å². The zero-order chi connectivity index (χ0) is 19.4. The number of rotatable bonds is 5. The number of alkyl halides is 3. The minimum atomic E-state index is -4.35. The van der Waals surface area contributed by atoms with Crippen molar-refractivity contribution in [3.05, 3.63) is 36.2 Å². The summed E-state index contributed by atoms with van der Waals surface area (Å²) in [4.78, 5) is 16.4. The molecule has 10 heteroatoms. The van der Waals surface area contributed by atoms with Crippen LogP contribution in [0.5, 0.6) is 0 Å². The first-order valence-electron chi connectivity index (χ1n) is 8.48. The minimum Gasteiger partial charge on any atom is -0.368 e. The summed E-state index contributed by atoms with van der Waals surface area (Å²) in [6.07, 6.45) is -3.32. The number of halogens is 3. The molecule has 1 aliphatic heterocycles. The van der Waals surface area contributed by atoms with E-state index in [9.17, 15) is 18.0 Å². The Morgan fingerprint density at radius 2 is 1.96 bits per heavy atom. The summed E-state index contributed by atoms with van der Waals surface area (Å²) in [6.45, 7) is 3.50. The van der Waals surface area contributed by atoms with Gasteiger partial charge in [0, 0.05) is 31.9 Å². The SMILES string of the molecule is Cc1cccc(N2CCN(C(=O)CSc3nncn3CC(F)(F)F)CC2)c1. The summed E-state index contributed by atoms with van der Waals surface area (Å²) in [5.41, 5.74) is 2.32. The van der Waals surface area contributed by atoms with Gasteiger partial charge in [0.25, 0.3) is 0 Å². The molecule has 6 nitrogen and oxygen atoms in total. The molecule has 1 aromatic heterocycles. The average molecular weight is 399 g/mol. The first-order chi connectivity index (χ1) is 12.8. The number of thioether (sulfide) groups is 1. The van der Waals surface area contributed by atoms with Gasteiger partial charge in [0.15, 0.2) is 5.16 Å². The lowest BCUT2D eigenvalue weighted by Crippen LogP contribution is -2.49. The highest BCUT2D eigenvalue weighted by molar-refractivity contribution is 7.99. The Balaban J connectivity index is 1.50. The van der Waals surface area contributed by atoms with E-state index in [-0.39, 0.29) is 16.8 Å². The predicted molar refractivity (Wildman–Crippen MR) is 96.8 cm³/mol. The molecule has 27 heavy (non-hydrogen) atoms. The van der Waals surface area contributed by atoms with E-state index in [0.29, 0.717) is 13.1 Å². The molecule has 0 saturated carbocycles. The average Bonchev–Trinajstić information content (AvgIpc) is 3.05. The van der Waals surface area contributed by atoms with Crippen LogP contribution in [0.1, 0.15) is 5.56 Å². The Bertz CT molecular complexity index is 787. The van der Waals surface area contributed by atoms with Crippen LogP contribution < -0.4 is 4.90 Å². The second-order valence-corrected chi connectivity index (χ2v) is 7.29. The van der Waals surface area contributed by atoms with E-state index in [1.807, 2.05) is 25.1 Å². The molecule has 0 aliphatic carbocycles. The predicted octanol–water partition coefficient (Wildman–Crippen LogP) is 2.59. The number of carbonyl (C=O) groups is 1. The number of hydrogen-bond acceptors (Lipinski definition) is 5. The van der Waals surface area contributed by atoms with Crippen molar-refractivity contribution in [2.75, 3.05) is 36.8 Å². The number of amides is 1. The van der Waals surface area contributed by atoms with Gasteiger partial charge in [-0.2, -0.15) is 13.2 Å². The third-order valence-electron chi connectivity index (χ3n) is 4.25. The lowest BCUT2D eigenvalue weighted by atomic mass is 10.2. The van der Waals surface area contributed by atoms with Crippen LogP contribution in [0.15, 0.2) is 35.7 Å². The van der Waals surface area contributed by atoms with Crippen LogP contribution >= 0.6 is 11.8 Å². The van der Waals surface area contributed by atoms with Crippen LogP contribution in [0, 0.1) is 6.92 Å². The van der Waals surface area contributed by atoms with Crippen LogP contribution in [0.4, 0.5) is 18.9 Å². The van der Waals surface area contributed by atoms with Crippen LogP contribution in [-0.2, 0) is 11.3 Å². The van der Waals surface area contributed by atoms with Crippen molar-refractivity contribution in [3.8, 4) is 0 Å². The highest BCUT2D eigenvalue weighted by atomic mass is 32.2. The normalized spacial score (nSPS) is 15.3. The molecule has 2 aromatic rings. The van der Waals surface area contributed by atoms with Crippen LogP contribution in [0.2, 0.25) is 0 Å². The quantitative estimate of drug-likeness (QED) is 0.724. The van der Waals surface area contributed by atoms with Gasteiger partial charge in [0.05, 0.1) is 5.75 Å². The van der Waals surface area contributed by atoms with Gasteiger partial charge in [0.2, 0.25) is 5.91 Å². The number of aryl methyl sites for hydroxylation is 1. The molecule has 1 fully saturated rings. The summed E-state index contributed by atoms with van der Waals surface area (Å²) in [5.74, 6) is -0.0634. The molecular weight excluding hydrogens is 379 g/mol. The standard InChI is InChI=1S/C17H20F3N5OS/c1-13-3-2-4-14(9-13)23-5-7-24(8-6-23)15(26)10-27-16-22-21-12-25(16)11-17(18,19)20/h2-4,9,12H,5-8,10-11H2,1H3. The minimum absolute atomic E-state index is 0.0427. The molecule has 0 radical (unpaired) electrons. The second kappa shape index (κ2) is 8.20. The fraction of sp³-hybridized carbons (Fsp3) is 0.471. The molecule has 0 spiro atoms. The maximum Gasteiger partial charge on any atom is 0.406 e. The molecular formula is C17H20F3N5OS. The van der Waals surface area contributed by atoms with Crippen LogP contribution in [-0.4, -0.2) is 63.7 Å². The van der Waals surface area contributed by atoms with Gasteiger partial charge in [-0.15, -0.1) is 10.2 Å². The molecule has 1 aromatic carbocycles. The van der Waals surface area contributed by atoms with E-state index in [0.717, 1.165) is 41.4 Å². The largest absolute Gasteiger partial charge is 0.406 e. The van der Waals surface area contributed by atoms with Gasteiger partial charge >= 0.3 is 6.18 Å². The Labute approximate surface area is 159 Å². The zero-order valence-electron chi connectivity index (χ0n) is 14.8. The molecule has 0 N–H and O–H groups in total. The van der Waals surface area contributed by atoms with E-state index in [2.05, 4.69) is 21.2 Å². The smallest absolute Gasteiger partial charge is 0.368 e. The fourth-order valence-corrected chi connectivity index (χ4v) is 3.73. The lowest BCUT2D eigenvalue weighted by molar-refractivity contribution is -0.142. The van der Waals surface area contributed by atoms with Crippen LogP contribution in [0.25, 0.3) is 0 Å². The zero-order valence-corrected chi connectivity index (χ0v) is 15.6. The van der Waals surface area contributed by atoms with E-state index in [4.69, 9.17) is 0 Å². The number of nitrogens with zero attached hydrogens (tertiary/aromatic N) is 5. The van der Waals surface area contributed by atoms with Crippen LogP contribution in [0.3, 0.4) is 0 Å². The second-order valence-electron chi connectivity index (χ2n) is 6.35. The Kier molecular flexibility index (Phi) is 5.93. The summed E-state index contributed by atoms with van der Waals surface area (Å²) in [5, 5.41) is 7.28. The number of benzene rings is 1. The number of anilines is 1. The molecule has 2 heterocycles. The number of piperazine rings is 1. The Hall–Kier alpha value is -2.23. The van der Waals surface area contributed by atoms with Crippen molar-refractivity contribution in [1.29, 1.82) is 0 Å². The number of aromatic nitrogens is 3. The molecule has 1 saturated heterocycles. The maximum absolute atomic E-state index is 12.5. The van der Waals surface area contributed by atoms with E-state index >= 15 is 0 Å². The Morgan fingerprint density at radius 3 is 2.63 bits per heavy atom. The van der Waals surface area contributed by atoms with Crippen molar-refractivity contribution in [2.24, 2.45) is 0 Å². The fourth-order valence-electron chi connectivity index (χ4n) is 2.91. The van der Waals surface area contributed by atoms with Gasteiger partial charge in [-0.05, 0) is 24.6 Å². The summed E-state index contributed by atoms with van der Waals surface area (Å²) < 4.78 is 38.5. The number of hydrogen-bond donors (Lipinski definition) is 0. The highest BCUT2D eigenvalue weighted by Crippen LogP contribution is 2.23. The van der Waals surface area contributed by atoms with Crippen molar-refractivity contribution in [2.45, 2.75) is 24.8 Å². The van der Waals surface area contributed by atoms with Crippen molar-refractivity contribution in [3.63, 3.8) is 0 Å². The maximum atomic E-state index is 12.5. The Morgan fingerprint density at radius 1 is 1.22 bits per heavy atom. The lowest BCUT2D eigenvalue weighted by Gasteiger charge is -2.36. The molecule has 0 atom stereocenters. The first-order valence-corrected chi connectivity index (χ1v) is 9.47. The van der Waals surface area contributed by atoms with E-state index < -0.39 is 12.7 Å². The first kappa shape index (κ1) is 19.5. The molecule has 1 amide bonds. The third-order valence-corrected chi connectivity index (χ3v) is 5.22. The van der Waals surface area contributed by atoms with E-state index in [1.54, 1.807) is 4.90 Å². The van der Waals surface area contributed by atoms with Gasteiger partial charge < -0.3 is 9.80 Å².